The molecule has 2 unspecified atom stereocenters. The summed E-state index contributed by atoms with van der Waals surface area (Å²) in [6.07, 6.45) is 3.16. The molecule has 0 radical (unpaired) electrons. The maximum Gasteiger partial charge on any atom is 0.224 e. The molecule has 1 amide bonds. The fourth-order valence-electron chi connectivity index (χ4n) is 2.53. The highest BCUT2D eigenvalue weighted by atomic mass is 32.2. The van der Waals surface area contributed by atoms with E-state index in [0.29, 0.717) is 30.9 Å². The molecule has 4 nitrogen and oxygen atoms in total. The molecular formula is C13H24N2O2S. The van der Waals surface area contributed by atoms with E-state index in [4.69, 9.17) is 4.74 Å². The van der Waals surface area contributed by atoms with Crippen LogP contribution in [0, 0.1) is 0 Å². The van der Waals surface area contributed by atoms with Crippen molar-refractivity contribution in [3.8, 4) is 0 Å². The number of nitrogens with zero attached hydrogens (tertiary/aromatic N) is 1. The van der Waals surface area contributed by atoms with Gasteiger partial charge in [-0.25, -0.2) is 0 Å². The molecule has 2 aliphatic heterocycles. The summed E-state index contributed by atoms with van der Waals surface area (Å²) in [6.45, 7) is 5.99. The molecular weight excluding hydrogens is 248 g/mol. The Morgan fingerprint density at radius 1 is 1.44 bits per heavy atom. The summed E-state index contributed by atoms with van der Waals surface area (Å²) in [5.41, 5.74) is 0. The predicted octanol–water partition coefficient (Wildman–Crippen LogP) is 1.11. The molecule has 2 saturated heterocycles. The SMILES string of the molecule is CC1SCCCC1NCCC(=O)N1CCOCC1. The van der Waals surface area contributed by atoms with Crippen molar-refractivity contribution < 1.29 is 9.53 Å². The van der Waals surface area contributed by atoms with Crippen molar-refractivity contribution in [2.24, 2.45) is 0 Å². The van der Waals surface area contributed by atoms with Crippen LogP contribution in [0.3, 0.4) is 0 Å². The third kappa shape index (κ3) is 4.14. The van der Waals surface area contributed by atoms with Crippen LogP contribution in [-0.4, -0.2) is 60.7 Å². The highest BCUT2D eigenvalue weighted by Gasteiger charge is 2.22. The first-order chi connectivity index (χ1) is 8.77. The van der Waals surface area contributed by atoms with Gasteiger partial charge < -0.3 is 15.0 Å². The number of amides is 1. The van der Waals surface area contributed by atoms with E-state index in [0.717, 1.165) is 19.6 Å². The maximum atomic E-state index is 11.9. The lowest BCUT2D eigenvalue weighted by molar-refractivity contribution is -0.135. The zero-order valence-electron chi connectivity index (χ0n) is 11.2. The van der Waals surface area contributed by atoms with Crippen LogP contribution >= 0.6 is 11.8 Å². The van der Waals surface area contributed by atoms with E-state index in [1.165, 1.54) is 18.6 Å². The average Bonchev–Trinajstić information content (AvgIpc) is 2.42. The molecule has 104 valence electrons. The number of ether oxygens (including phenoxy) is 1. The standard InChI is InChI=1S/C13H24N2O2S/c1-11-12(3-2-10-18-11)14-5-4-13(16)15-6-8-17-9-7-15/h11-12,14H,2-10H2,1H3. The molecule has 0 aromatic heterocycles. The van der Waals surface area contributed by atoms with Gasteiger partial charge in [-0.05, 0) is 18.6 Å². The van der Waals surface area contributed by atoms with Crippen molar-refractivity contribution in [2.75, 3.05) is 38.6 Å². The van der Waals surface area contributed by atoms with Gasteiger partial charge in [0, 0.05) is 37.3 Å². The molecule has 5 heteroatoms. The summed E-state index contributed by atoms with van der Waals surface area (Å²) in [4.78, 5) is 13.9. The van der Waals surface area contributed by atoms with Crippen LogP contribution in [0.15, 0.2) is 0 Å². The number of nitrogens with one attached hydrogen (secondary N) is 1. The molecule has 1 N–H and O–H groups in total. The number of hydrogen-bond donors (Lipinski definition) is 1. The minimum Gasteiger partial charge on any atom is -0.378 e. The van der Waals surface area contributed by atoms with E-state index in [-0.39, 0.29) is 5.91 Å². The summed E-state index contributed by atoms with van der Waals surface area (Å²) in [7, 11) is 0. The van der Waals surface area contributed by atoms with Crippen molar-refractivity contribution in [3.05, 3.63) is 0 Å². The topological polar surface area (TPSA) is 41.6 Å². The van der Waals surface area contributed by atoms with Crippen LogP contribution in [0.5, 0.6) is 0 Å². The third-order valence-electron chi connectivity index (χ3n) is 3.72. The molecule has 2 heterocycles. The summed E-state index contributed by atoms with van der Waals surface area (Å²) >= 11 is 2.04. The zero-order valence-corrected chi connectivity index (χ0v) is 12.0. The van der Waals surface area contributed by atoms with E-state index in [9.17, 15) is 4.79 Å². The lowest BCUT2D eigenvalue weighted by Gasteiger charge is -2.30. The smallest absolute Gasteiger partial charge is 0.224 e. The van der Waals surface area contributed by atoms with E-state index in [1.807, 2.05) is 16.7 Å². The third-order valence-corrected chi connectivity index (χ3v) is 5.09. The summed E-state index contributed by atoms with van der Waals surface area (Å²) in [5, 5.41) is 4.22. The molecule has 0 saturated carbocycles. The first-order valence-electron chi connectivity index (χ1n) is 6.98. The van der Waals surface area contributed by atoms with Gasteiger partial charge in [0.1, 0.15) is 0 Å². The van der Waals surface area contributed by atoms with Crippen LogP contribution in [0.25, 0.3) is 0 Å². The molecule has 2 atom stereocenters. The lowest BCUT2D eigenvalue weighted by atomic mass is 10.1. The average molecular weight is 272 g/mol. The minimum absolute atomic E-state index is 0.266. The van der Waals surface area contributed by atoms with Crippen LogP contribution in [-0.2, 0) is 9.53 Å². The number of hydrogen-bond acceptors (Lipinski definition) is 4. The Labute approximate surface area is 114 Å². The first-order valence-corrected chi connectivity index (χ1v) is 8.03. The lowest BCUT2D eigenvalue weighted by Crippen LogP contribution is -2.44. The zero-order chi connectivity index (χ0) is 12.8. The molecule has 2 fully saturated rings. The largest absolute Gasteiger partial charge is 0.378 e. The van der Waals surface area contributed by atoms with Gasteiger partial charge in [-0.1, -0.05) is 6.92 Å². The van der Waals surface area contributed by atoms with Gasteiger partial charge >= 0.3 is 0 Å². The van der Waals surface area contributed by atoms with Crippen LogP contribution in [0.2, 0.25) is 0 Å². The summed E-state index contributed by atoms with van der Waals surface area (Å²) < 4.78 is 5.25. The molecule has 2 aliphatic rings. The van der Waals surface area contributed by atoms with E-state index in [1.54, 1.807) is 0 Å². The van der Waals surface area contributed by atoms with E-state index in [2.05, 4.69) is 12.2 Å². The van der Waals surface area contributed by atoms with Crippen LogP contribution < -0.4 is 5.32 Å². The van der Waals surface area contributed by atoms with Gasteiger partial charge in [-0.15, -0.1) is 0 Å². The van der Waals surface area contributed by atoms with Gasteiger partial charge in [0.15, 0.2) is 0 Å². The number of carbonyl (C=O) groups is 1. The Morgan fingerprint density at radius 3 is 2.94 bits per heavy atom. The van der Waals surface area contributed by atoms with Crippen LogP contribution in [0.4, 0.5) is 0 Å². The molecule has 0 spiro atoms. The van der Waals surface area contributed by atoms with Gasteiger partial charge in [-0.3, -0.25) is 4.79 Å². The Morgan fingerprint density at radius 2 is 2.22 bits per heavy atom. The van der Waals surface area contributed by atoms with Gasteiger partial charge in [-0.2, -0.15) is 11.8 Å². The fraction of sp³-hybridized carbons (Fsp3) is 0.923. The monoisotopic (exact) mass is 272 g/mol. The van der Waals surface area contributed by atoms with Gasteiger partial charge in [0.2, 0.25) is 5.91 Å². The Bertz CT molecular complexity index is 270. The Kier molecular flexibility index (Phi) is 5.79. The van der Waals surface area contributed by atoms with E-state index < -0.39 is 0 Å². The molecule has 2 rings (SSSR count). The van der Waals surface area contributed by atoms with Crippen molar-refractivity contribution in [3.63, 3.8) is 0 Å². The normalized spacial score (nSPS) is 29.3. The van der Waals surface area contributed by atoms with Crippen molar-refractivity contribution in [1.29, 1.82) is 0 Å². The second kappa shape index (κ2) is 7.36. The predicted molar refractivity (Wildman–Crippen MR) is 75.0 cm³/mol. The second-order valence-corrected chi connectivity index (χ2v) is 6.51. The van der Waals surface area contributed by atoms with Gasteiger partial charge in [0.25, 0.3) is 0 Å². The summed E-state index contributed by atoms with van der Waals surface area (Å²) in [6, 6.07) is 0.584. The first kappa shape index (κ1) is 14.2. The van der Waals surface area contributed by atoms with Crippen molar-refractivity contribution >= 4 is 17.7 Å². The van der Waals surface area contributed by atoms with Crippen molar-refractivity contribution in [1.82, 2.24) is 10.2 Å². The Hall–Kier alpha value is -0.260. The maximum absolute atomic E-state index is 11.9. The summed E-state index contributed by atoms with van der Waals surface area (Å²) in [5.74, 6) is 1.55. The molecule has 0 aromatic rings. The molecule has 0 aromatic carbocycles. The Balaban J connectivity index is 1.63. The van der Waals surface area contributed by atoms with Gasteiger partial charge in [0.05, 0.1) is 13.2 Å². The van der Waals surface area contributed by atoms with Crippen LogP contribution in [0.1, 0.15) is 26.2 Å². The number of thioether (sulfide) groups is 1. The number of morpholine rings is 1. The number of rotatable bonds is 4. The fourth-order valence-corrected chi connectivity index (χ4v) is 3.70. The molecule has 0 bridgehead atoms. The second-order valence-electron chi connectivity index (χ2n) is 5.02. The quantitative estimate of drug-likeness (QED) is 0.832. The molecule has 18 heavy (non-hydrogen) atoms. The highest BCUT2D eigenvalue weighted by Crippen LogP contribution is 2.24. The highest BCUT2D eigenvalue weighted by molar-refractivity contribution is 7.99. The minimum atomic E-state index is 0.266. The molecule has 0 aliphatic carbocycles. The number of carbonyl (C=O) groups excluding carboxylic acids is 1. The van der Waals surface area contributed by atoms with Crippen molar-refractivity contribution in [2.45, 2.75) is 37.5 Å². The van der Waals surface area contributed by atoms with E-state index >= 15 is 0 Å².